The van der Waals surface area contributed by atoms with Gasteiger partial charge in [0.25, 0.3) is 0 Å². The van der Waals surface area contributed by atoms with Gasteiger partial charge in [-0.2, -0.15) is 0 Å². The summed E-state index contributed by atoms with van der Waals surface area (Å²) in [6.45, 7) is 0. The van der Waals surface area contributed by atoms with Crippen LogP contribution < -0.4 is 5.73 Å². The quantitative estimate of drug-likeness (QED) is 0.501. The Kier molecular flexibility index (Phi) is 2.48. The Bertz CT molecular complexity index is 647. The molecule has 0 atom stereocenters. The van der Waals surface area contributed by atoms with E-state index in [2.05, 4.69) is 22.6 Å². The zero-order valence-corrected chi connectivity index (χ0v) is 11.4. The van der Waals surface area contributed by atoms with Gasteiger partial charge in [-0.1, -0.05) is 24.3 Å². The first-order valence-electron chi connectivity index (χ1n) is 5.37. The van der Waals surface area contributed by atoms with Crippen molar-refractivity contribution in [3.63, 3.8) is 0 Å². The number of hydrogen-bond donors (Lipinski definition) is 1. The van der Waals surface area contributed by atoms with E-state index in [1.165, 1.54) is 0 Å². The zero-order chi connectivity index (χ0) is 12.9. The molecule has 2 N–H and O–H groups in total. The first-order valence-corrected chi connectivity index (χ1v) is 6.45. The molecule has 0 aromatic heterocycles. The Labute approximate surface area is 117 Å². The monoisotopic (exact) mass is 349 g/mol. The number of rotatable bonds is 0. The van der Waals surface area contributed by atoms with Gasteiger partial charge in [-0.25, -0.2) is 0 Å². The largest absolute Gasteiger partial charge is 0.398 e. The number of carbonyl (C=O) groups excluding carboxylic acids is 2. The van der Waals surface area contributed by atoms with Gasteiger partial charge in [-0.15, -0.1) is 0 Å². The molecule has 0 radical (unpaired) electrons. The number of fused-ring (bicyclic) bond motifs is 2. The van der Waals surface area contributed by atoms with Crippen molar-refractivity contribution >= 4 is 39.8 Å². The molecule has 0 spiro atoms. The number of nitrogens with two attached hydrogens (primary N) is 1. The maximum absolute atomic E-state index is 12.3. The lowest BCUT2D eigenvalue weighted by molar-refractivity contribution is 0.0979. The van der Waals surface area contributed by atoms with E-state index >= 15 is 0 Å². The summed E-state index contributed by atoms with van der Waals surface area (Å²) in [7, 11) is 0. The van der Waals surface area contributed by atoms with Crippen molar-refractivity contribution in [3.05, 3.63) is 62.2 Å². The SMILES string of the molecule is Nc1cc2c(cc1I)C(=O)c1ccccc1C2=O. The molecule has 0 saturated heterocycles. The number of ketones is 2. The molecule has 0 unspecified atom stereocenters. The lowest BCUT2D eigenvalue weighted by Crippen LogP contribution is -2.21. The van der Waals surface area contributed by atoms with E-state index in [1.807, 2.05) is 0 Å². The molecule has 2 aromatic carbocycles. The van der Waals surface area contributed by atoms with E-state index in [1.54, 1.807) is 36.4 Å². The van der Waals surface area contributed by atoms with E-state index in [-0.39, 0.29) is 11.6 Å². The average Bonchev–Trinajstić information content (AvgIpc) is 2.38. The van der Waals surface area contributed by atoms with E-state index in [0.29, 0.717) is 27.9 Å². The van der Waals surface area contributed by atoms with Crippen molar-refractivity contribution < 1.29 is 9.59 Å². The molecule has 3 rings (SSSR count). The van der Waals surface area contributed by atoms with Gasteiger partial charge in [-0.3, -0.25) is 9.59 Å². The van der Waals surface area contributed by atoms with Gasteiger partial charge in [0.1, 0.15) is 0 Å². The van der Waals surface area contributed by atoms with Gasteiger partial charge in [-0.05, 0) is 34.7 Å². The summed E-state index contributed by atoms with van der Waals surface area (Å²) in [4.78, 5) is 24.6. The number of nitrogen functional groups attached to an aromatic ring is 1. The predicted molar refractivity (Wildman–Crippen MR) is 76.9 cm³/mol. The normalized spacial score (nSPS) is 13.2. The predicted octanol–water partition coefficient (Wildman–Crippen LogP) is 2.65. The van der Waals surface area contributed by atoms with Crippen LogP contribution >= 0.6 is 22.6 Å². The third-order valence-corrected chi connectivity index (χ3v) is 3.98. The molecule has 3 nitrogen and oxygen atoms in total. The van der Waals surface area contributed by atoms with Crippen LogP contribution in [0.1, 0.15) is 31.8 Å². The maximum atomic E-state index is 12.3. The second-order valence-corrected chi connectivity index (χ2v) is 5.29. The molecule has 0 aliphatic heterocycles. The minimum atomic E-state index is -0.136. The Balaban J connectivity index is 2.34. The molecule has 0 heterocycles. The Morgan fingerprint density at radius 1 is 0.833 bits per heavy atom. The van der Waals surface area contributed by atoms with Crippen LogP contribution in [0.3, 0.4) is 0 Å². The van der Waals surface area contributed by atoms with Crippen LogP contribution in [0.2, 0.25) is 0 Å². The Morgan fingerprint density at radius 2 is 1.33 bits per heavy atom. The third-order valence-electron chi connectivity index (χ3n) is 3.04. The topological polar surface area (TPSA) is 60.2 Å². The summed E-state index contributed by atoms with van der Waals surface area (Å²) in [5, 5.41) is 0. The molecule has 0 bridgehead atoms. The molecule has 4 heteroatoms. The van der Waals surface area contributed by atoms with Gasteiger partial charge in [0.15, 0.2) is 11.6 Å². The smallest absolute Gasteiger partial charge is 0.194 e. The maximum Gasteiger partial charge on any atom is 0.194 e. The van der Waals surface area contributed by atoms with E-state index in [9.17, 15) is 9.59 Å². The van der Waals surface area contributed by atoms with E-state index < -0.39 is 0 Å². The molecule has 2 aromatic rings. The van der Waals surface area contributed by atoms with Gasteiger partial charge in [0, 0.05) is 31.5 Å². The van der Waals surface area contributed by atoms with Crippen molar-refractivity contribution in [1.82, 2.24) is 0 Å². The molecule has 0 amide bonds. The number of carbonyl (C=O) groups is 2. The summed E-state index contributed by atoms with van der Waals surface area (Å²) in [5.41, 5.74) is 8.09. The summed E-state index contributed by atoms with van der Waals surface area (Å²) >= 11 is 2.06. The van der Waals surface area contributed by atoms with E-state index in [0.717, 1.165) is 3.57 Å². The Morgan fingerprint density at radius 3 is 1.89 bits per heavy atom. The second kappa shape index (κ2) is 3.91. The van der Waals surface area contributed by atoms with Crippen molar-refractivity contribution in [2.24, 2.45) is 0 Å². The first-order chi connectivity index (χ1) is 8.59. The molecular formula is C14H8INO2. The van der Waals surface area contributed by atoms with Crippen LogP contribution in [0.15, 0.2) is 36.4 Å². The highest BCUT2D eigenvalue weighted by Crippen LogP contribution is 2.30. The van der Waals surface area contributed by atoms with Crippen molar-refractivity contribution in [1.29, 1.82) is 0 Å². The zero-order valence-electron chi connectivity index (χ0n) is 9.24. The van der Waals surface area contributed by atoms with Crippen LogP contribution in [0.25, 0.3) is 0 Å². The second-order valence-electron chi connectivity index (χ2n) is 4.12. The highest BCUT2D eigenvalue weighted by molar-refractivity contribution is 14.1. The minimum absolute atomic E-state index is 0.113. The average molecular weight is 349 g/mol. The summed E-state index contributed by atoms with van der Waals surface area (Å²) < 4.78 is 0.784. The van der Waals surface area contributed by atoms with Crippen LogP contribution in [0, 0.1) is 3.57 Å². The molecule has 0 saturated carbocycles. The fraction of sp³-hybridized carbons (Fsp3) is 0. The van der Waals surface area contributed by atoms with Gasteiger partial charge in [0.05, 0.1) is 0 Å². The van der Waals surface area contributed by atoms with E-state index in [4.69, 9.17) is 5.73 Å². The molecule has 0 fully saturated rings. The summed E-state index contributed by atoms with van der Waals surface area (Å²) in [5.74, 6) is -0.249. The highest BCUT2D eigenvalue weighted by atomic mass is 127. The minimum Gasteiger partial charge on any atom is -0.398 e. The fourth-order valence-corrected chi connectivity index (χ4v) is 2.60. The summed E-state index contributed by atoms with van der Waals surface area (Å²) in [6.07, 6.45) is 0. The fourth-order valence-electron chi connectivity index (χ4n) is 2.14. The van der Waals surface area contributed by atoms with Crippen molar-refractivity contribution in [2.45, 2.75) is 0 Å². The van der Waals surface area contributed by atoms with Crippen LogP contribution in [-0.2, 0) is 0 Å². The Hall–Kier alpha value is -1.69. The standard InChI is InChI=1S/C14H8INO2/c15-11-5-9-10(6-12(11)16)14(18)8-4-2-1-3-7(8)13(9)17/h1-6H,16H2. The van der Waals surface area contributed by atoms with Gasteiger partial charge >= 0.3 is 0 Å². The van der Waals surface area contributed by atoms with Crippen molar-refractivity contribution in [3.8, 4) is 0 Å². The molecule has 88 valence electrons. The lowest BCUT2D eigenvalue weighted by atomic mass is 9.84. The number of benzene rings is 2. The van der Waals surface area contributed by atoms with Crippen LogP contribution in [0.4, 0.5) is 5.69 Å². The first kappa shape index (κ1) is 11.4. The molecular weight excluding hydrogens is 341 g/mol. The highest BCUT2D eigenvalue weighted by Gasteiger charge is 2.29. The molecule has 1 aliphatic rings. The number of halogens is 1. The number of hydrogen-bond acceptors (Lipinski definition) is 3. The third kappa shape index (κ3) is 1.49. The lowest BCUT2D eigenvalue weighted by Gasteiger charge is -2.18. The van der Waals surface area contributed by atoms with Gasteiger partial charge in [0.2, 0.25) is 0 Å². The van der Waals surface area contributed by atoms with Crippen LogP contribution in [-0.4, -0.2) is 11.6 Å². The number of anilines is 1. The molecule has 18 heavy (non-hydrogen) atoms. The molecule has 1 aliphatic carbocycles. The van der Waals surface area contributed by atoms with Gasteiger partial charge < -0.3 is 5.73 Å². The summed E-state index contributed by atoms with van der Waals surface area (Å²) in [6, 6.07) is 10.1. The van der Waals surface area contributed by atoms with Crippen LogP contribution in [0.5, 0.6) is 0 Å². The van der Waals surface area contributed by atoms with Crippen molar-refractivity contribution in [2.75, 3.05) is 5.73 Å².